The maximum atomic E-state index is 13.8. The summed E-state index contributed by atoms with van der Waals surface area (Å²) in [5.74, 6) is -11.4. The van der Waals surface area contributed by atoms with Crippen LogP contribution in [0.3, 0.4) is 0 Å². The van der Waals surface area contributed by atoms with Crippen LogP contribution >= 0.6 is 43.2 Å². The molecule has 8 rings (SSSR count). The van der Waals surface area contributed by atoms with E-state index in [1.165, 1.54) is 35.9 Å². The largest absolute Gasteiger partial charge is 0.480 e. The number of nitrogens with zero attached hydrogens (tertiary/aromatic N) is 6. The Labute approximate surface area is 677 Å². The van der Waals surface area contributed by atoms with E-state index in [2.05, 4.69) is 136 Å². The number of carboxylic acid groups (broad SMARTS) is 2. The van der Waals surface area contributed by atoms with Gasteiger partial charge in [0.1, 0.15) is 67.4 Å². The number of hydrogen-bond donors (Lipinski definition) is 18. The van der Waals surface area contributed by atoms with Gasteiger partial charge in [0, 0.05) is 116 Å². The number of carboxylic acids is 2. The number of fused-ring (bicyclic) bond motifs is 2. The first-order valence-electron chi connectivity index (χ1n) is 37.9. The number of allylic oxidation sites excluding steroid dienone is 6. The van der Waals surface area contributed by atoms with Crippen LogP contribution in [0.4, 0.5) is 11.4 Å². The highest BCUT2D eigenvalue weighted by molar-refractivity contribution is 8.77. The molecule has 2 saturated heterocycles. The highest BCUT2D eigenvalue weighted by atomic mass is 33.1. The van der Waals surface area contributed by atoms with E-state index in [1.807, 2.05) is 42.5 Å². The maximum Gasteiger partial charge on any atom is 0.337 e. The minimum absolute atomic E-state index is 0.0472. The SMILES string of the molecule is CC(C)C(NCC1(O)OCC(O)C(O)C1O)C(=O)NC(CC1C=NC=N1)C(=O)NC(CSSCCC(=O)NCCCN1/C(=C/C=C/C=C/C2=[N+](CCCNC(=O)CCSSC(NC(=O)C(CC3C=NC=N3)NC(=O)C(NCC3(O)OCC(O)C(O)C3O)C(C)C)C(=O)O)c3ccccc3C2(C)C)C(C)(C)c2ccccc21)C(=O)O. The Balaban J connectivity index is 0.781. The summed E-state index contributed by atoms with van der Waals surface area (Å²) in [6.07, 6.45) is 6.83. The van der Waals surface area contributed by atoms with Gasteiger partial charge in [0.05, 0.1) is 55.9 Å². The van der Waals surface area contributed by atoms with Crippen molar-refractivity contribution in [2.24, 2.45) is 31.8 Å². The average Bonchev–Trinajstić information content (AvgIpc) is 1.60. The third kappa shape index (κ3) is 24.6. The van der Waals surface area contributed by atoms with Crippen molar-refractivity contribution in [1.29, 1.82) is 0 Å². The summed E-state index contributed by atoms with van der Waals surface area (Å²) in [5.41, 5.74) is 5.84. The van der Waals surface area contributed by atoms with Crippen LogP contribution in [0.1, 0.15) is 105 Å². The summed E-state index contributed by atoms with van der Waals surface area (Å²) in [6.45, 7) is 15.3. The molecule has 6 aliphatic rings. The Kier molecular flexibility index (Phi) is 34.4. The van der Waals surface area contributed by atoms with Gasteiger partial charge in [0.25, 0.3) is 0 Å². The Morgan fingerprint density at radius 2 is 1.11 bits per heavy atom. The van der Waals surface area contributed by atoms with Crippen molar-refractivity contribution >= 4 is 133 Å². The molecule has 0 aliphatic carbocycles. The van der Waals surface area contributed by atoms with E-state index in [0.29, 0.717) is 44.8 Å². The van der Waals surface area contributed by atoms with Crippen LogP contribution < -0.4 is 47.4 Å². The van der Waals surface area contributed by atoms with Gasteiger partial charge in [-0.15, -0.1) is 0 Å². The molecule has 114 heavy (non-hydrogen) atoms. The number of para-hydroxylation sites is 2. The van der Waals surface area contributed by atoms with Crippen molar-refractivity contribution in [3.05, 3.63) is 95.7 Å². The number of hydrogen-bond acceptors (Lipinski definition) is 29. The topological polar surface area (TPSA) is 509 Å². The molecule has 16 unspecified atom stereocenters. The fourth-order valence-corrected chi connectivity index (χ4v) is 18.0. The first kappa shape index (κ1) is 92.0. The predicted octanol–water partition coefficient (Wildman–Crippen LogP) is 0.0526. The number of ether oxygens (including phenoxy) is 2. The van der Waals surface area contributed by atoms with Crippen LogP contribution in [0.25, 0.3) is 0 Å². The molecule has 0 radical (unpaired) electrons. The van der Waals surface area contributed by atoms with Crippen molar-refractivity contribution in [3.8, 4) is 0 Å². The van der Waals surface area contributed by atoms with E-state index < -0.39 is 170 Å². The molecule has 626 valence electrons. The molecule has 18 N–H and O–H groups in total. The third-order valence-electron chi connectivity index (χ3n) is 20.3. The van der Waals surface area contributed by atoms with Gasteiger partial charge in [0.2, 0.25) is 52.7 Å². The molecule has 38 heteroatoms. The number of nitrogens with one attached hydrogen (secondary N) is 8. The van der Waals surface area contributed by atoms with Crippen LogP contribution in [0.15, 0.2) is 105 Å². The average molecular weight is 1670 g/mol. The number of benzene rings is 2. The number of carbonyl (C=O) groups is 8. The van der Waals surface area contributed by atoms with E-state index in [0.717, 1.165) is 66.3 Å². The molecule has 0 spiro atoms. The molecule has 0 saturated carbocycles. The lowest BCUT2D eigenvalue weighted by atomic mass is 9.81. The van der Waals surface area contributed by atoms with Gasteiger partial charge >= 0.3 is 11.9 Å². The summed E-state index contributed by atoms with van der Waals surface area (Å²) in [7, 11) is 4.33. The van der Waals surface area contributed by atoms with Crippen LogP contribution in [0.5, 0.6) is 0 Å². The molecule has 34 nitrogen and oxygen atoms in total. The zero-order valence-corrected chi connectivity index (χ0v) is 68.2. The number of carbonyl (C=O) groups excluding carboxylic acids is 6. The molecule has 6 amide bonds. The minimum atomic E-state index is -2.37. The first-order chi connectivity index (χ1) is 54.1. The Morgan fingerprint density at radius 1 is 0.605 bits per heavy atom. The van der Waals surface area contributed by atoms with E-state index in [4.69, 9.17) is 9.47 Å². The Bertz CT molecular complexity index is 3940. The predicted molar refractivity (Wildman–Crippen MR) is 437 cm³/mol. The lowest BCUT2D eigenvalue weighted by Gasteiger charge is -2.42. The molecule has 16 atom stereocenters. The molecule has 6 aliphatic heterocycles. The molecule has 2 aromatic rings. The molecule has 2 fully saturated rings. The number of aliphatic hydroxyl groups excluding tert-OH is 6. The van der Waals surface area contributed by atoms with Crippen molar-refractivity contribution in [3.63, 3.8) is 0 Å². The van der Waals surface area contributed by atoms with Crippen molar-refractivity contribution in [2.45, 2.75) is 201 Å². The third-order valence-corrected chi connectivity index (χ3v) is 25.2. The van der Waals surface area contributed by atoms with Crippen LogP contribution in [-0.2, 0) is 58.7 Å². The van der Waals surface area contributed by atoms with Crippen molar-refractivity contribution in [2.75, 3.05) is 74.6 Å². The van der Waals surface area contributed by atoms with Crippen molar-refractivity contribution in [1.82, 2.24) is 42.5 Å². The van der Waals surface area contributed by atoms with Gasteiger partial charge in [-0.05, 0) is 49.8 Å². The molecular formula is C76H109N14O20S4+. The molecular weight excluding hydrogens is 1560 g/mol. The van der Waals surface area contributed by atoms with Gasteiger partial charge < -0.3 is 108 Å². The summed E-state index contributed by atoms with van der Waals surface area (Å²) in [4.78, 5) is 125. The van der Waals surface area contributed by atoms with E-state index in [9.17, 15) is 89.4 Å². The fraction of sp³-hybridized carbons (Fsp3) is 0.592. The monoisotopic (exact) mass is 1670 g/mol. The molecule has 2 aromatic carbocycles. The second-order valence-corrected chi connectivity index (χ2v) is 35.4. The highest BCUT2D eigenvalue weighted by Gasteiger charge is 2.51. The van der Waals surface area contributed by atoms with Gasteiger partial charge in [0.15, 0.2) is 17.6 Å². The smallest absolute Gasteiger partial charge is 0.337 e. The number of aliphatic hydroxyl groups is 8. The normalized spacial score (nSPS) is 25.9. The summed E-state index contributed by atoms with van der Waals surface area (Å²) >= 11 is 0. The minimum Gasteiger partial charge on any atom is -0.480 e. The lowest BCUT2D eigenvalue weighted by Crippen LogP contribution is -2.66. The van der Waals surface area contributed by atoms with Gasteiger partial charge in [-0.3, -0.25) is 38.8 Å². The van der Waals surface area contributed by atoms with E-state index in [1.54, 1.807) is 27.7 Å². The number of aliphatic carboxylic acids is 2. The van der Waals surface area contributed by atoms with Crippen LogP contribution in [0.2, 0.25) is 0 Å². The van der Waals surface area contributed by atoms with Gasteiger partial charge in [-0.25, -0.2) is 19.6 Å². The van der Waals surface area contributed by atoms with Crippen LogP contribution in [0, 0.1) is 11.8 Å². The summed E-state index contributed by atoms with van der Waals surface area (Å²) in [5, 5.41) is 124. The van der Waals surface area contributed by atoms with Crippen molar-refractivity contribution < 1.29 is 103 Å². The van der Waals surface area contributed by atoms with Gasteiger partial charge in [-0.2, -0.15) is 4.58 Å². The standard InChI is InChI=1S/C76H108N14O20S4/c1-43(2)60(81-39-75(107)64(97)62(95)54(91)36-109-75)68(101)85-49(32-45-34-77-41-83-45)66(99)87-51(71(103)104)38-113-111-30-24-58(93)79-26-16-28-89-52-20-14-12-18-47(52)73(5,6)56(89)22-10-9-11-23-57-74(7,8)48-19-13-15-21-53(48)90(57)29-17-27-80-59(94)25-31-112-114-70(72(105)106)88-67(100)50(33-46-35-78-42-84-46)86-69(102)61(44(3)4)82-40-76(108)65(98)63(96)55(92)37-110-76/h9-15,18-23,34-35,41-46,49-51,54-55,60-65,70,81-82,91-92,95-98,107-108H,16-17,24-33,36-40H2,1-8H3,(H7-,79,80,85,86,87,88,93,94,99,100,101,102,103,104,105,106)/p+1. The number of aliphatic imine (C=N–C) groups is 4. The number of anilines is 1. The quantitative estimate of drug-likeness (QED) is 0.0137. The van der Waals surface area contributed by atoms with E-state index in [-0.39, 0.29) is 59.8 Å². The number of amides is 6. The van der Waals surface area contributed by atoms with E-state index >= 15 is 0 Å². The highest BCUT2D eigenvalue weighted by Crippen LogP contribution is 2.48. The molecule has 0 bridgehead atoms. The Hall–Kier alpha value is -7.51. The second kappa shape index (κ2) is 42.6. The molecule has 0 aromatic heterocycles. The fourth-order valence-electron chi connectivity index (χ4n) is 13.8. The second-order valence-electron chi connectivity index (χ2n) is 30.2. The zero-order chi connectivity index (χ0) is 83.2. The first-order valence-corrected chi connectivity index (χ1v) is 42.7. The summed E-state index contributed by atoms with van der Waals surface area (Å²) < 4.78 is 12.7. The summed E-state index contributed by atoms with van der Waals surface area (Å²) in [6, 6.07) is 9.04. The number of rotatable bonds is 44. The molecule has 6 heterocycles. The lowest BCUT2D eigenvalue weighted by molar-refractivity contribution is -0.437. The van der Waals surface area contributed by atoms with Gasteiger partial charge in [-0.1, -0.05) is 139 Å². The van der Waals surface area contributed by atoms with Crippen LogP contribution in [-0.4, -0.2) is 299 Å². The maximum absolute atomic E-state index is 13.8. The zero-order valence-electron chi connectivity index (χ0n) is 64.9. The Morgan fingerprint density at radius 3 is 1.64 bits per heavy atom.